The van der Waals surface area contributed by atoms with E-state index in [1.165, 1.54) is 4.57 Å². The van der Waals surface area contributed by atoms with Gasteiger partial charge in [-0.2, -0.15) is 0 Å². The number of H-pyrrole nitrogens is 1. The Morgan fingerprint density at radius 2 is 2.29 bits per heavy atom. The number of hydrogen-bond donors (Lipinski definition) is 2. The van der Waals surface area contributed by atoms with Crippen LogP contribution in [0.1, 0.15) is 23.7 Å². The molecular formula is C15H17N3O2S. The molecule has 21 heavy (non-hydrogen) atoms. The largest absolute Gasteiger partial charge is 0.352 e. The zero-order chi connectivity index (χ0) is 15.4. The van der Waals surface area contributed by atoms with E-state index in [4.69, 9.17) is 12.2 Å². The summed E-state index contributed by atoms with van der Waals surface area (Å²) in [5, 5.41) is 3.30. The highest BCUT2D eigenvalue weighted by Crippen LogP contribution is 2.11. The number of benzene rings is 1. The zero-order valence-corrected chi connectivity index (χ0v) is 12.6. The number of nitrogens with zero attached hydrogens (tertiary/aromatic N) is 1. The summed E-state index contributed by atoms with van der Waals surface area (Å²) in [5.41, 5.74) is 0.881. The van der Waals surface area contributed by atoms with Crippen LogP contribution in [0.2, 0.25) is 0 Å². The first kappa shape index (κ1) is 15.2. The number of allylic oxidation sites excluding steroid dienone is 1. The molecule has 6 heteroatoms. The molecule has 5 nitrogen and oxygen atoms in total. The average Bonchev–Trinajstić information content (AvgIpc) is 2.48. The van der Waals surface area contributed by atoms with Crippen molar-refractivity contribution in [3.8, 4) is 0 Å². The van der Waals surface area contributed by atoms with E-state index in [0.29, 0.717) is 34.3 Å². The van der Waals surface area contributed by atoms with E-state index >= 15 is 0 Å². The standard InChI is InChI=1S/C15H17N3O2S/c1-3-7-16-13(19)10-5-6-11-12(9-10)17-15(21)18(8-4-2)14(11)20/h4-6,9H,2-3,7-8H2,1H3,(H,16,19)(H,17,21). The highest BCUT2D eigenvalue weighted by atomic mass is 32.1. The van der Waals surface area contributed by atoms with Crippen molar-refractivity contribution >= 4 is 29.0 Å². The first-order valence-electron chi connectivity index (χ1n) is 6.74. The fraction of sp³-hybridized carbons (Fsp3) is 0.267. The molecule has 0 saturated carbocycles. The Morgan fingerprint density at radius 1 is 1.52 bits per heavy atom. The second kappa shape index (κ2) is 6.49. The number of nitrogens with one attached hydrogen (secondary N) is 2. The van der Waals surface area contributed by atoms with Crippen LogP contribution in [-0.2, 0) is 6.54 Å². The molecule has 2 aromatic rings. The SMILES string of the molecule is C=CCn1c(=S)[nH]c2cc(C(=O)NCCC)ccc2c1=O. The van der Waals surface area contributed by atoms with Gasteiger partial charge >= 0.3 is 0 Å². The van der Waals surface area contributed by atoms with Crippen molar-refractivity contribution in [1.29, 1.82) is 0 Å². The Kier molecular flexibility index (Phi) is 4.70. The lowest BCUT2D eigenvalue weighted by atomic mass is 10.1. The fourth-order valence-electron chi connectivity index (χ4n) is 2.03. The molecule has 0 aliphatic heterocycles. The van der Waals surface area contributed by atoms with Gasteiger partial charge in [0.05, 0.1) is 10.9 Å². The van der Waals surface area contributed by atoms with Crippen molar-refractivity contribution in [1.82, 2.24) is 14.9 Å². The quantitative estimate of drug-likeness (QED) is 0.658. The normalized spacial score (nSPS) is 10.5. The maximum absolute atomic E-state index is 12.3. The summed E-state index contributed by atoms with van der Waals surface area (Å²) in [6.45, 7) is 6.57. The van der Waals surface area contributed by atoms with Gasteiger partial charge in [-0.05, 0) is 36.8 Å². The van der Waals surface area contributed by atoms with Gasteiger partial charge in [0.15, 0.2) is 4.77 Å². The summed E-state index contributed by atoms with van der Waals surface area (Å²) < 4.78 is 1.75. The topological polar surface area (TPSA) is 66.9 Å². The molecule has 0 unspecified atom stereocenters. The molecule has 2 rings (SSSR count). The van der Waals surface area contributed by atoms with Gasteiger partial charge in [-0.3, -0.25) is 14.2 Å². The van der Waals surface area contributed by atoms with Crippen LogP contribution in [0.4, 0.5) is 0 Å². The maximum atomic E-state index is 12.3. The van der Waals surface area contributed by atoms with Gasteiger partial charge in [0, 0.05) is 18.7 Å². The minimum Gasteiger partial charge on any atom is -0.352 e. The van der Waals surface area contributed by atoms with E-state index in [1.807, 2.05) is 6.92 Å². The van der Waals surface area contributed by atoms with Crippen LogP contribution >= 0.6 is 12.2 Å². The van der Waals surface area contributed by atoms with E-state index < -0.39 is 0 Å². The van der Waals surface area contributed by atoms with Gasteiger partial charge in [-0.1, -0.05) is 13.0 Å². The molecular weight excluding hydrogens is 286 g/mol. The molecule has 1 heterocycles. The van der Waals surface area contributed by atoms with Crippen molar-refractivity contribution < 1.29 is 4.79 Å². The number of carbonyl (C=O) groups excluding carboxylic acids is 1. The van der Waals surface area contributed by atoms with Crippen molar-refractivity contribution in [3.05, 3.63) is 51.5 Å². The monoisotopic (exact) mass is 303 g/mol. The van der Waals surface area contributed by atoms with Crippen LogP contribution in [0.25, 0.3) is 10.9 Å². The summed E-state index contributed by atoms with van der Waals surface area (Å²) in [7, 11) is 0. The molecule has 0 radical (unpaired) electrons. The van der Waals surface area contributed by atoms with E-state index in [9.17, 15) is 9.59 Å². The number of fused-ring (bicyclic) bond motifs is 1. The average molecular weight is 303 g/mol. The predicted molar refractivity (Wildman–Crippen MR) is 86.2 cm³/mol. The van der Waals surface area contributed by atoms with E-state index in [1.54, 1.807) is 24.3 Å². The number of aromatic amines is 1. The zero-order valence-electron chi connectivity index (χ0n) is 11.8. The minimum absolute atomic E-state index is 0.159. The third-order valence-electron chi connectivity index (χ3n) is 3.09. The summed E-state index contributed by atoms with van der Waals surface area (Å²) in [5.74, 6) is -0.159. The molecule has 1 aromatic carbocycles. The first-order valence-corrected chi connectivity index (χ1v) is 7.15. The van der Waals surface area contributed by atoms with Crippen LogP contribution in [0.3, 0.4) is 0 Å². The summed E-state index contributed by atoms with van der Waals surface area (Å²) in [4.78, 5) is 27.2. The molecule has 2 N–H and O–H groups in total. The lowest BCUT2D eigenvalue weighted by molar-refractivity contribution is 0.0954. The van der Waals surface area contributed by atoms with Gasteiger partial charge in [0.2, 0.25) is 0 Å². The molecule has 0 fully saturated rings. The van der Waals surface area contributed by atoms with Crippen LogP contribution in [-0.4, -0.2) is 22.0 Å². The highest BCUT2D eigenvalue weighted by Gasteiger charge is 2.09. The highest BCUT2D eigenvalue weighted by molar-refractivity contribution is 7.71. The van der Waals surface area contributed by atoms with Gasteiger partial charge in [0.1, 0.15) is 0 Å². The number of aromatic nitrogens is 2. The second-order valence-electron chi connectivity index (χ2n) is 4.65. The summed E-state index contributed by atoms with van der Waals surface area (Å²) in [6.07, 6.45) is 2.48. The van der Waals surface area contributed by atoms with Crippen LogP contribution in [0.15, 0.2) is 35.6 Å². The molecule has 0 aliphatic rings. The van der Waals surface area contributed by atoms with Gasteiger partial charge in [-0.15, -0.1) is 6.58 Å². The number of amides is 1. The number of rotatable bonds is 5. The molecule has 1 aromatic heterocycles. The second-order valence-corrected chi connectivity index (χ2v) is 5.04. The number of carbonyl (C=O) groups is 1. The molecule has 0 spiro atoms. The Morgan fingerprint density at radius 3 is 2.95 bits per heavy atom. The third kappa shape index (κ3) is 3.11. The van der Waals surface area contributed by atoms with Crippen LogP contribution in [0.5, 0.6) is 0 Å². The molecule has 1 amide bonds. The fourth-order valence-corrected chi connectivity index (χ4v) is 2.30. The van der Waals surface area contributed by atoms with E-state index in [-0.39, 0.29) is 11.5 Å². The molecule has 0 aliphatic carbocycles. The van der Waals surface area contributed by atoms with Crippen molar-refractivity contribution in [3.63, 3.8) is 0 Å². The molecule has 0 saturated heterocycles. The third-order valence-corrected chi connectivity index (χ3v) is 3.41. The lowest BCUT2D eigenvalue weighted by Gasteiger charge is -2.08. The maximum Gasteiger partial charge on any atom is 0.262 e. The van der Waals surface area contributed by atoms with Crippen molar-refractivity contribution in [2.24, 2.45) is 0 Å². The van der Waals surface area contributed by atoms with Gasteiger partial charge < -0.3 is 10.3 Å². The molecule has 110 valence electrons. The van der Waals surface area contributed by atoms with Crippen molar-refractivity contribution in [2.45, 2.75) is 19.9 Å². The smallest absolute Gasteiger partial charge is 0.262 e. The molecule has 0 atom stereocenters. The van der Waals surface area contributed by atoms with Crippen molar-refractivity contribution in [2.75, 3.05) is 6.54 Å². The Balaban J connectivity index is 2.53. The Labute approximate surface area is 127 Å². The van der Waals surface area contributed by atoms with Gasteiger partial charge in [-0.25, -0.2) is 0 Å². The molecule has 0 bridgehead atoms. The van der Waals surface area contributed by atoms with Crippen LogP contribution < -0.4 is 10.9 Å². The number of hydrogen-bond acceptors (Lipinski definition) is 3. The van der Waals surface area contributed by atoms with Crippen LogP contribution in [0, 0.1) is 4.77 Å². The predicted octanol–water partition coefficient (Wildman–Crippen LogP) is 2.38. The first-order chi connectivity index (χ1) is 10.1. The minimum atomic E-state index is -0.186. The lowest BCUT2D eigenvalue weighted by Crippen LogP contribution is -2.25. The summed E-state index contributed by atoms with van der Waals surface area (Å²) >= 11 is 5.17. The van der Waals surface area contributed by atoms with E-state index in [2.05, 4.69) is 16.9 Å². The Hall–Kier alpha value is -2.21. The van der Waals surface area contributed by atoms with E-state index in [0.717, 1.165) is 6.42 Å². The van der Waals surface area contributed by atoms with Gasteiger partial charge in [0.25, 0.3) is 11.5 Å². The summed E-state index contributed by atoms with van der Waals surface area (Å²) in [6, 6.07) is 4.93. The Bertz CT molecular complexity index is 805.